The molecule has 6 heteroatoms. The van der Waals surface area contributed by atoms with E-state index in [-0.39, 0.29) is 11.9 Å². The zero-order valence-electron chi connectivity index (χ0n) is 19.3. The molecule has 0 N–H and O–H groups in total. The van der Waals surface area contributed by atoms with Crippen LogP contribution in [0.3, 0.4) is 0 Å². The van der Waals surface area contributed by atoms with Gasteiger partial charge in [-0.25, -0.2) is 14.7 Å². The maximum Gasteiger partial charge on any atom is 0.420 e. The molecule has 1 unspecified atom stereocenters. The van der Waals surface area contributed by atoms with E-state index in [2.05, 4.69) is 4.98 Å². The second kappa shape index (κ2) is 9.45. The third-order valence-corrected chi connectivity index (χ3v) is 5.51. The van der Waals surface area contributed by atoms with Crippen LogP contribution < -0.4 is 4.90 Å². The number of para-hydroxylation sites is 1. The van der Waals surface area contributed by atoms with Crippen molar-refractivity contribution < 1.29 is 14.3 Å². The Balaban J connectivity index is 1.75. The van der Waals surface area contributed by atoms with E-state index >= 15 is 0 Å². The van der Waals surface area contributed by atoms with Gasteiger partial charge in [0.2, 0.25) is 0 Å². The molecule has 2 aromatic carbocycles. The fourth-order valence-corrected chi connectivity index (χ4v) is 4.13. The lowest BCUT2D eigenvalue weighted by molar-refractivity contribution is 0.0597. The van der Waals surface area contributed by atoms with Gasteiger partial charge in [0.05, 0.1) is 11.7 Å². The van der Waals surface area contributed by atoms with Gasteiger partial charge < -0.3 is 9.64 Å². The largest absolute Gasteiger partial charge is 0.443 e. The number of aromatic nitrogens is 1. The molecule has 170 valence electrons. The molecule has 6 nitrogen and oxygen atoms in total. The van der Waals surface area contributed by atoms with Crippen molar-refractivity contribution in [2.24, 2.45) is 0 Å². The van der Waals surface area contributed by atoms with Crippen molar-refractivity contribution in [1.29, 1.82) is 0 Å². The molecule has 1 aliphatic rings. The molecule has 0 spiro atoms. The van der Waals surface area contributed by atoms with E-state index in [9.17, 15) is 9.59 Å². The molecule has 1 atom stereocenters. The number of ether oxygens (including phenoxy) is 1. The van der Waals surface area contributed by atoms with Crippen LogP contribution in [0.25, 0.3) is 0 Å². The van der Waals surface area contributed by atoms with Crippen LogP contribution in [0.4, 0.5) is 16.3 Å². The summed E-state index contributed by atoms with van der Waals surface area (Å²) in [5.74, 6) is 0.465. The predicted molar refractivity (Wildman–Crippen MR) is 129 cm³/mol. The highest BCUT2D eigenvalue weighted by Crippen LogP contribution is 2.39. The fraction of sp³-hybridized carbons (Fsp3) is 0.296. The number of benzene rings is 2. The van der Waals surface area contributed by atoms with Gasteiger partial charge in [-0.05, 0) is 63.9 Å². The van der Waals surface area contributed by atoms with Crippen molar-refractivity contribution in [3.63, 3.8) is 0 Å². The Morgan fingerprint density at radius 2 is 1.64 bits per heavy atom. The van der Waals surface area contributed by atoms with Gasteiger partial charge in [-0.1, -0.05) is 42.5 Å². The number of pyridine rings is 1. The number of amides is 2. The maximum absolute atomic E-state index is 13.3. The molecule has 1 fully saturated rings. The summed E-state index contributed by atoms with van der Waals surface area (Å²) in [6, 6.07) is 22.3. The van der Waals surface area contributed by atoms with Crippen LogP contribution in [0.1, 0.15) is 55.6 Å². The highest BCUT2D eigenvalue weighted by Gasteiger charge is 2.35. The van der Waals surface area contributed by atoms with Crippen molar-refractivity contribution in [2.45, 2.75) is 45.3 Å². The lowest BCUT2D eigenvalue weighted by Crippen LogP contribution is -2.36. The fourth-order valence-electron chi connectivity index (χ4n) is 4.13. The van der Waals surface area contributed by atoms with Gasteiger partial charge in [-0.3, -0.25) is 4.79 Å². The van der Waals surface area contributed by atoms with Crippen molar-refractivity contribution in [3.8, 4) is 0 Å². The Bertz CT molecular complexity index is 1110. The number of anilines is 2. The summed E-state index contributed by atoms with van der Waals surface area (Å²) in [6.45, 7) is 6.17. The third kappa shape index (κ3) is 5.06. The molecular weight excluding hydrogens is 414 g/mol. The first kappa shape index (κ1) is 22.5. The Morgan fingerprint density at radius 1 is 0.970 bits per heavy atom. The Labute approximate surface area is 194 Å². The van der Waals surface area contributed by atoms with Crippen LogP contribution in [-0.2, 0) is 4.74 Å². The summed E-state index contributed by atoms with van der Waals surface area (Å²) in [7, 11) is 0. The van der Waals surface area contributed by atoms with Crippen LogP contribution >= 0.6 is 0 Å². The van der Waals surface area contributed by atoms with E-state index in [0.717, 1.165) is 18.4 Å². The summed E-state index contributed by atoms with van der Waals surface area (Å²) in [6.07, 6.45) is 2.84. The number of hydrogen-bond acceptors (Lipinski definition) is 4. The Kier molecular flexibility index (Phi) is 6.45. The van der Waals surface area contributed by atoms with Gasteiger partial charge in [-0.15, -0.1) is 0 Å². The van der Waals surface area contributed by atoms with Crippen molar-refractivity contribution in [3.05, 3.63) is 90.1 Å². The Hall–Kier alpha value is -3.67. The maximum atomic E-state index is 13.3. The van der Waals surface area contributed by atoms with Crippen molar-refractivity contribution in [1.82, 2.24) is 9.88 Å². The molecule has 0 aliphatic carbocycles. The zero-order chi connectivity index (χ0) is 23.4. The lowest BCUT2D eigenvalue weighted by Gasteiger charge is -2.31. The SMILES string of the molecule is CC(C)(C)OC(=O)N(c1ccccc1)c1ncccc1C1CCCN1C(=O)c1ccccc1. The van der Waals surface area contributed by atoms with Gasteiger partial charge in [-0.2, -0.15) is 0 Å². The van der Waals surface area contributed by atoms with Crippen LogP contribution in [-0.4, -0.2) is 34.0 Å². The van der Waals surface area contributed by atoms with Gasteiger partial charge in [0.25, 0.3) is 5.91 Å². The van der Waals surface area contributed by atoms with Gasteiger partial charge in [0.1, 0.15) is 11.4 Å². The molecule has 1 aliphatic heterocycles. The van der Waals surface area contributed by atoms with Crippen molar-refractivity contribution in [2.75, 3.05) is 11.4 Å². The van der Waals surface area contributed by atoms with Gasteiger partial charge >= 0.3 is 6.09 Å². The first-order valence-corrected chi connectivity index (χ1v) is 11.2. The number of carbonyl (C=O) groups is 2. The molecule has 0 saturated carbocycles. The van der Waals surface area contributed by atoms with Crippen LogP contribution in [0.5, 0.6) is 0 Å². The van der Waals surface area contributed by atoms with E-state index in [1.54, 1.807) is 6.20 Å². The minimum absolute atomic E-state index is 0.0172. The minimum atomic E-state index is -0.665. The molecule has 2 amide bonds. The number of likely N-dealkylation sites (tertiary alicyclic amines) is 1. The van der Waals surface area contributed by atoms with Crippen LogP contribution in [0.15, 0.2) is 79.0 Å². The average Bonchev–Trinajstić information content (AvgIpc) is 3.29. The number of nitrogens with zero attached hydrogens (tertiary/aromatic N) is 3. The normalized spacial score (nSPS) is 15.8. The first-order chi connectivity index (χ1) is 15.8. The Morgan fingerprint density at radius 3 is 2.30 bits per heavy atom. The van der Waals surface area contributed by atoms with Gasteiger partial charge in [0.15, 0.2) is 0 Å². The topological polar surface area (TPSA) is 62.7 Å². The monoisotopic (exact) mass is 443 g/mol. The van der Waals surface area contributed by atoms with E-state index in [1.807, 2.05) is 98.5 Å². The third-order valence-electron chi connectivity index (χ3n) is 5.51. The van der Waals surface area contributed by atoms with E-state index in [1.165, 1.54) is 4.90 Å². The van der Waals surface area contributed by atoms with E-state index < -0.39 is 11.7 Å². The summed E-state index contributed by atoms with van der Waals surface area (Å²) >= 11 is 0. The zero-order valence-corrected chi connectivity index (χ0v) is 19.3. The molecular formula is C27H29N3O3. The molecule has 2 heterocycles. The number of hydrogen-bond donors (Lipinski definition) is 0. The highest BCUT2D eigenvalue weighted by atomic mass is 16.6. The lowest BCUT2D eigenvalue weighted by atomic mass is 10.0. The molecule has 4 rings (SSSR count). The second-order valence-electron chi connectivity index (χ2n) is 9.09. The van der Waals surface area contributed by atoms with E-state index in [0.29, 0.717) is 23.6 Å². The summed E-state index contributed by atoms with van der Waals surface area (Å²) in [4.78, 5) is 34.6. The summed E-state index contributed by atoms with van der Waals surface area (Å²) < 4.78 is 5.74. The molecule has 1 aromatic heterocycles. The average molecular weight is 444 g/mol. The molecule has 1 saturated heterocycles. The standard InChI is InChI=1S/C27H29N3O3/c1-27(2,3)33-26(32)30(21-14-8-5-9-15-21)24-22(16-10-18-28-24)23-17-11-19-29(23)25(31)20-12-6-4-7-13-20/h4-10,12-16,18,23H,11,17,19H2,1-3H3. The van der Waals surface area contributed by atoms with Gasteiger partial charge in [0, 0.05) is 23.9 Å². The van der Waals surface area contributed by atoms with Crippen molar-refractivity contribution >= 4 is 23.5 Å². The van der Waals surface area contributed by atoms with E-state index in [4.69, 9.17) is 4.74 Å². The summed E-state index contributed by atoms with van der Waals surface area (Å²) in [5.41, 5.74) is 1.48. The molecule has 3 aromatic rings. The predicted octanol–water partition coefficient (Wildman–Crippen LogP) is 6.13. The number of carbonyl (C=O) groups excluding carboxylic acids is 2. The minimum Gasteiger partial charge on any atom is -0.443 e. The van der Waals surface area contributed by atoms with Crippen LogP contribution in [0, 0.1) is 0 Å². The molecule has 33 heavy (non-hydrogen) atoms. The quantitative estimate of drug-likeness (QED) is 0.486. The smallest absolute Gasteiger partial charge is 0.420 e. The van der Waals surface area contributed by atoms with Crippen LogP contribution in [0.2, 0.25) is 0 Å². The first-order valence-electron chi connectivity index (χ1n) is 11.2. The summed E-state index contributed by atoms with van der Waals surface area (Å²) in [5, 5.41) is 0. The number of rotatable bonds is 4. The molecule has 0 radical (unpaired) electrons. The second-order valence-corrected chi connectivity index (χ2v) is 9.09. The highest BCUT2D eigenvalue weighted by molar-refractivity contribution is 5.97. The molecule has 0 bridgehead atoms.